The summed E-state index contributed by atoms with van der Waals surface area (Å²) in [7, 11) is 0. The van der Waals surface area contributed by atoms with E-state index in [0.29, 0.717) is 12.0 Å². The van der Waals surface area contributed by atoms with Crippen LogP contribution in [0.25, 0.3) is 5.57 Å². The lowest BCUT2D eigenvalue weighted by Gasteiger charge is -2.39. The van der Waals surface area contributed by atoms with E-state index in [1.807, 2.05) is 18.2 Å². The average Bonchev–Trinajstić information content (AvgIpc) is 2.86. The summed E-state index contributed by atoms with van der Waals surface area (Å²) in [5.74, 6) is -0.527. The second-order valence-electron chi connectivity index (χ2n) is 9.56. The average molecular weight is 384 g/mol. The summed E-state index contributed by atoms with van der Waals surface area (Å²) < 4.78 is 19.2. The third-order valence-electron chi connectivity index (χ3n) is 6.85. The topological polar surface area (TPSA) is 46.5 Å². The number of allylic oxidation sites excluding steroid dienone is 3. The maximum Gasteiger partial charge on any atom is 0.309 e. The van der Waals surface area contributed by atoms with Crippen LogP contribution in [0.15, 0.2) is 35.9 Å². The molecule has 1 aromatic carbocycles. The number of carbonyl (C=O) groups is 1. The Morgan fingerprint density at radius 3 is 2.79 bits per heavy atom. The highest BCUT2D eigenvalue weighted by Crippen LogP contribution is 2.62. The van der Waals surface area contributed by atoms with Crippen molar-refractivity contribution in [2.45, 2.75) is 71.5 Å². The van der Waals surface area contributed by atoms with E-state index in [4.69, 9.17) is 4.74 Å². The molecule has 1 N–H and O–H groups in total. The molecule has 3 nitrogen and oxygen atoms in total. The molecule has 28 heavy (non-hydrogen) atoms. The van der Waals surface area contributed by atoms with E-state index in [1.54, 1.807) is 13.0 Å². The first-order chi connectivity index (χ1) is 13.2. The van der Waals surface area contributed by atoms with Gasteiger partial charge in [0.1, 0.15) is 11.9 Å². The fraction of sp³-hybridized carbons (Fsp3) is 0.542. The number of hydrogen-bond donors (Lipinski definition) is 1. The zero-order chi connectivity index (χ0) is 20.1. The van der Waals surface area contributed by atoms with Crippen LogP contribution in [0.5, 0.6) is 0 Å². The first-order valence-corrected chi connectivity index (χ1v) is 10.2. The molecule has 0 aromatic heterocycles. The van der Waals surface area contributed by atoms with Crippen LogP contribution in [0.2, 0.25) is 0 Å². The predicted molar refractivity (Wildman–Crippen MR) is 107 cm³/mol. The smallest absolute Gasteiger partial charge is 0.309 e. The number of aliphatic hydroxyl groups excluding tert-OH is 1. The molecule has 4 rings (SSSR count). The summed E-state index contributed by atoms with van der Waals surface area (Å²) in [6.07, 6.45) is 7.93. The number of rotatable bonds is 3. The number of aryl methyl sites for hydroxylation is 1. The van der Waals surface area contributed by atoms with Crippen LogP contribution in [0.3, 0.4) is 0 Å². The monoisotopic (exact) mass is 384 g/mol. The Morgan fingerprint density at radius 2 is 2.07 bits per heavy atom. The standard InChI is InChI=1S/C24H29FO3/c1-15-10-16(4-7-21(15)25)19-13-23(2)8-9-24(3,14-23)20(19)6-5-18-11-17(26)12-22(27)28-18/h4-7,10,17-18,26H,8-9,11-14H2,1-3H3. The first-order valence-electron chi connectivity index (χ1n) is 10.2. The molecular formula is C24H29FO3. The number of fused-ring (bicyclic) bond motifs is 2. The highest BCUT2D eigenvalue weighted by Gasteiger charge is 2.49. The van der Waals surface area contributed by atoms with Gasteiger partial charge in [0.15, 0.2) is 0 Å². The van der Waals surface area contributed by atoms with Crippen molar-refractivity contribution in [1.82, 2.24) is 0 Å². The summed E-state index contributed by atoms with van der Waals surface area (Å²) in [4.78, 5) is 11.7. The molecule has 1 saturated carbocycles. The second-order valence-corrected chi connectivity index (χ2v) is 9.56. The minimum Gasteiger partial charge on any atom is -0.458 e. The van der Waals surface area contributed by atoms with Crippen LogP contribution in [0.1, 0.15) is 63.5 Å². The summed E-state index contributed by atoms with van der Waals surface area (Å²) in [5, 5.41) is 9.88. The third kappa shape index (κ3) is 3.55. The number of halogens is 1. The third-order valence-corrected chi connectivity index (χ3v) is 6.85. The second kappa shape index (κ2) is 6.84. The van der Waals surface area contributed by atoms with Crippen molar-refractivity contribution in [3.05, 3.63) is 52.9 Å². The van der Waals surface area contributed by atoms with Crippen molar-refractivity contribution < 1.29 is 19.0 Å². The van der Waals surface area contributed by atoms with Gasteiger partial charge < -0.3 is 9.84 Å². The molecule has 2 aliphatic carbocycles. The summed E-state index contributed by atoms with van der Waals surface area (Å²) in [5.41, 5.74) is 4.62. The molecule has 1 saturated heterocycles. The van der Waals surface area contributed by atoms with Gasteiger partial charge >= 0.3 is 5.97 Å². The van der Waals surface area contributed by atoms with E-state index >= 15 is 0 Å². The van der Waals surface area contributed by atoms with Crippen LogP contribution in [-0.4, -0.2) is 23.3 Å². The molecule has 4 atom stereocenters. The molecule has 1 heterocycles. The molecule has 1 aromatic rings. The molecule has 4 unspecified atom stereocenters. The Labute approximate surface area is 166 Å². The Balaban J connectivity index is 1.75. The Kier molecular flexibility index (Phi) is 4.73. The number of hydrogen-bond acceptors (Lipinski definition) is 3. The van der Waals surface area contributed by atoms with Crippen LogP contribution in [-0.2, 0) is 9.53 Å². The lowest BCUT2D eigenvalue weighted by molar-refractivity contribution is -0.156. The number of ether oxygens (including phenoxy) is 1. The number of benzene rings is 1. The van der Waals surface area contributed by atoms with Crippen LogP contribution >= 0.6 is 0 Å². The summed E-state index contributed by atoms with van der Waals surface area (Å²) >= 11 is 0. The van der Waals surface area contributed by atoms with Gasteiger partial charge in [-0.25, -0.2) is 4.39 Å². The number of carbonyl (C=O) groups excluding carboxylic acids is 1. The minimum absolute atomic E-state index is 0.0679. The van der Waals surface area contributed by atoms with E-state index in [-0.39, 0.29) is 29.0 Å². The zero-order valence-electron chi connectivity index (χ0n) is 16.9. The van der Waals surface area contributed by atoms with E-state index in [1.165, 1.54) is 17.6 Å². The van der Waals surface area contributed by atoms with Crippen LogP contribution in [0.4, 0.5) is 4.39 Å². The Hall–Kier alpha value is -1.94. The summed E-state index contributed by atoms with van der Waals surface area (Å²) in [6, 6.07) is 5.38. The van der Waals surface area contributed by atoms with E-state index in [0.717, 1.165) is 24.8 Å². The van der Waals surface area contributed by atoms with Gasteiger partial charge in [0.25, 0.3) is 0 Å². The molecule has 1 aliphatic heterocycles. The van der Waals surface area contributed by atoms with E-state index in [9.17, 15) is 14.3 Å². The molecule has 4 heteroatoms. The Morgan fingerprint density at radius 1 is 1.29 bits per heavy atom. The van der Waals surface area contributed by atoms with Crippen LogP contribution < -0.4 is 0 Å². The van der Waals surface area contributed by atoms with Gasteiger partial charge in [-0.2, -0.15) is 0 Å². The molecule has 0 amide bonds. The van der Waals surface area contributed by atoms with Crippen molar-refractivity contribution in [2.75, 3.05) is 0 Å². The SMILES string of the molecule is Cc1cc(C2=C(C=CC3CC(O)CC(=O)O3)C3(C)CCC(C)(C2)C3)ccc1F. The van der Waals surface area contributed by atoms with E-state index < -0.39 is 12.2 Å². The molecular weight excluding hydrogens is 355 g/mol. The van der Waals surface area contributed by atoms with Gasteiger partial charge in [0, 0.05) is 6.42 Å². The highest BCUT2D eigenvalue weighted by molar-refractivity contribution is 5.75. The lowest BCUT2D eigenvalue weighted by Crippen LogP contribution is -2.31. The van der Waals surface area contributed by atoms with Gasteiger partial charge in [-0.1, -0.05) is 26.0 Å². The quantitative estimate of drug-likeness (QED) is 0.737. The molecule has 2 fully saturated rings. The maximum absolute atomic E-state index is 13.8. The zero-order valence-corrected chi connectivity index (χ0v) is 16.9. The van der Waals surface area contributed by atoms with Gasteiger partial charge in [0.2, 0.25) is 0 Å². The molecule has 0 radical (unpaired) electrons. The fourth-order valence-electron chi connectivity index (χ4n) is 5.49. The molecule has 150 valence electrons. The van der Waals surface area contributed by atoms with Gasteiger partial charge in [-0.3, -0.25) is 4.79 Å². The normalized spacial score (nSPS) is 35.5. The molecule has 2 bridgehead atoms. The van der Waals surface area contributed by atoms with Crippen molar-refractivity contribution in [3.8, 4) is 0 Å². The number of cyclic esters (lactones) is 1. The largest absolute Gasteiger partial charge is 0.458 e. The minimum atomic E-state index is -0.638. The molecule has 0 spiro atoms. The van der Waals surface area contributed by atoms with Crippen molar-refractivity contribution >= 4 is 11.5 Å². The number of aliphatic hydroxyl groups is 1. The van der Waals surface area contributed by atoms with Crippen molar-refractivity contribution in [1.29, 1.82) is 0 Å². The Bertz CT molecular complexity index is 871. The van der Waals surface area contributed by atoms with Crippen LogP contribution in [0, 0.1) is 23.6 Å². The van der Waals surface area contributed by atoms with Gasteiger partial charge in [-0.15, -0.1) is 0 Å². The maximum atomic E-state index is 13.8. The predicted octanol–water partition coefficient (Wildman–Crippen LogP) is 5.11. The molecule has 3 aliphatic rings. The summed E-state index contributed by atoms with van der Waals surface area (Å²) in [6.45, 7) is 6.47. The fourth-order valence-corrected chi connectivity index (χ4v) is 5.49. The van der Waals surface area contributed by atoms with Crippen molar-refractivity contribution in [2.24, 2.45) is 10.8 Å². The first kappa shape index (κ1) is 19.4. The van der Waals surface area contributed by atoms with E-state index in [2.05, 4.69) is 19.9 Å². The van der Waals surface area contributed by atoms with Crippen molar-refractivity contribution in [3.63, 3.8) is 0 Å². The van der Waals surface area contributed by atoms with Gasteiger partial charge in [-0.05, 0) is 83.9 Å². The van der Waals surface area contributed by atoms with Gasteiger partial charge in [0.05, 0.1) is 12.5 Å². The number of esters is 1. The highest BCUT2D eigenvalue weighted by atomic mass is 19.1. The lowest BCUT2D eigenvalue weighted by atomic mass is 9.66.